The Morgan fingerprint density at radius 2 is 2.06 bits per heavy atom. The van der Waals surface area contributed by atoms with Crippen LogP contribution in [0.2, 0.25) is 0 Å². The van der Waals surface area contributed by atoms with Crippen LogP contribution >= 0.6 is 0 Å². The molecule has 0 aliphatic rings. The summed E-state index contributed by atoms with van der Waals surface area (Å²) in [5, 5.41) is 6.16. The number of nitrogens with one attached hydrogen (secondary N) is 2. The van der Waals surface area contributed by atoms with E-state index in [0.29, 0.717) is 12.3 Å². The van der Waals surface area contributed by atoms with Gasteiger partial charge in [-0.25, -0.2) is 0 Å². The topological polar surface area (TPSA) is 57.5 Å². The summed E-state index contributed by atoms with van der Waals surface area (Å²) >= 11 is 0. The van der Waals surface area contributed by atoms with Crippen LogP contribution in [0, 0.1) is 0 Å². The molecule has 0 aliphatic heterocycles. The van der Waals surface area contributed by atoms with Crippen LogP contribution in [-0.2, 0) is 0 Å². The summed E-state index contributed by atoms with van der Waals surface area (Å²) in [5.41, 5.74) is 0. The highest BCUT2D eigenvalue weighted by Gasteiger charge is 2.06. The zero-order valence-corrected chi connectivity index (χ0v) is 11.2. The van der Waals surface area contributed by atoms with Crippen LogP contribution in [0.15, 0.2) is 22.8 Å². The molecule has 0 fully saturated rings. The van der Waals surface area contributed by atoms with Crippen molar-refractivity contribution in [3.8, 4) is 0 Å². The highest BCUT2D eigenvalue weighted by molar-refractivity contribution is 5.91. The van der Waals surface area contributed by atoms with E-state index in [-0.39, 0.29) is 5.91 Å². The predicted octanol–water partition coefficient (Wildman–Crippen LogP) is 0.941. The third-order valence-corrected chi connectivity index (χ3v) is 2.52. The van der Waals surface area contributed by atoms with Crippen LogP contribution in [0.3, 0.4) is 0 Å². The summed E-state index contributed by atoms with van der Waals surface area (Å²) in [6, 6.07) is 3.37. The van der Waals surface area contributed by atoms with Crippen molar-refractivity contribution in [3.63, 3.8) is 0 Å². The van der Waals surface area contributed by atoms with Gasteiger partial charge in [0.05, 0.1) is 6.26 Å². The van der Waals surface area contributed by atoms with Gasteiger partial charge in [0.15, 0.2) is 5.76 Å². The van der Waals surface area contributed by atoms with Crippen molar-refractivity contribution < 1.29 is 9.21 Å². The summed E-state index contributed by atoms with van der Waals surface area (Å²) in [5.74, 6) is 0.224. The molecule has 0 unspecified atom stereocenters. The second-order valence-electron chi connectivity index (χ2n) is 4.49. The Morgan fingerprint density at radius 3 is 2.72 bits per heavy atom. The highest BCUT2D eigenvalue weighted by atomic mass is 16.3. The largest absolute Gasteiger partial charge is 0.459 e. The van der Waals surface area contributed by atoms with E-state index in [1.54, 1.807) is 12.1 Å². The molecule has 102 valence electrons. The maximum Gasteiger partial charge on any atom is 0.286 e. The van der Waals surface area contributed by atoms with Crippen molar-refractivity contribution in [3.05, 3.63) is 24.2 Å². The van der Waals surface area contributed by atoms with Gasteiger partial charge in [0, 0.05) is 6.54 Å². The van der Waals surface area contributed by atoms with Crippen molar-refractivity contribution in [1.29, 1.82) is 0 Å². The number of amides is 1. The van der Waals surface area contributed by atoms with E-state index in [0.717, 1.165) is 32.5 Å². The molecular formula is C13H23N3O2. The van der Waals surface area contributed by atoms with Gasteiger partial charge in [0.25, 0.3) is 5.91 Å². The van der Waals surface area contributed by atoms with Crippen molar-refractivity contribution >= 4 is 5.91 Å². The Bertz CT molecular complexity index is 323. The Kier molecular flexibility index (Phi) is 7.13. The lowest BCUT2D eigenvalue weighted by atomic mass is 10.3. The first-order valence-corrected chi connectivity index (χ1v) is 6.37. The van der Waals surface area contributed by atoms with Crippen LogP contribution in [0.25, 0.3) is 0 Å². The molecule has 0 radical (unpaired) electrons. The summed E-state index contributed by atoms with van der Waals surface area (Å²) in [4.78, 5) is 13.7. The molecule has 0 bridgehead atoms. The lowest BCUT2D eigenvalue weighted by molar-refractivity contribution is 0.0925. The molecule has 5 nitrogen and oxygen atoms in total. The second-order valence-corrected chi connectivity index (χ2v) is 4.49. The van der Waals surface area contributed by atoms with Crippen molar-refractivity contribution in [1.82, 2.24) is 15.5 Å². The fourth-order valence-corrected chi connectivity index (χ4v) is 1.56. The fraction of sp³-hybridized carbons (Fsp3) is 0.615. The standard InChI is InChI=1S/C13H23N3O2/c1-16(2)10-5-8-14-7-4-9-15-13(17)12-6-3-11-18-12/h3,6,11,14H,4-5,7-10H2,1-2H3,(H,15,17). The molecule has 1 aromatic rings. The van der Waals surface area contributed by atoms with Gasteiger partial charge in [0.1, 0.15) is 0 Å². The molecule has 0 saturated carbocycles. The molecule has 0 atom stereocenters. The summed E-state index contributed by atoms with van der Waals surface area (Å²) < 4.78 is 5.00. The van der Waals surface area contributed by atoms with Gasteiger partial charge in [-0.15, -0.1) is 0 Å². The van der Waals surface area contributed by atoms with Crippen LogP contribution in [0.1, 0.15) is 23.4 Å². The summed E-state index contributed by atoms with van der Waals surface area (Å²) in [7, 11) is 4.15. The molecule has 5 heteroatoms. The van der Waals surface area contributed by atoms with E-state index in [2.05, 4.69) is 29.6 Å². The lowest BCUT2D eigenvalue weighted by Crippen LogP contribution is -2.28. The minimum absolute atomic E-state index is 0.146. The average Bonchev–Trinajstić information content (AvgIpc) is 2.85. The smallest absolute Gasteiger partial charge is 0.286 e. The van der Waals surface area contributed by atoms with Crippen LogP contribution in [0.4, 0.5) is 0 Å². The second kappa shape index (κ2) is 8.72. The van der Waals surface area contributed by atoms with Crippen molar-refractivity contribution in [2.24, 2.45) is 0 Å². The number of rotatable bonds is 9. The first-order valence-electron chi connectivity index (χ1n) is 6.37. The zero-order chi connectivity index (χ0) is 13.2. The first kappa shape index (κ1) is 14.7. The Labute approximate surface area is 109 Å². The molecule has 18 heavy (non-hydrogen) atoms. The van der Waals surface area contributed by atoms with Crippen molar-refractivity contribution in [2.45, 2.75) is 12.8 Å². The van der Waals surface area contributed by atoms with E-state index in [1.165, 1.54) is 6.26 Å². The summed E-state index contributed by atoms with van der Waals surface area (Å²) in [6.45, 7) is 3.71. The number of furan rings is 1. The van der Waals surface area contributed by atoms with E-state index in [9.17, 15) is 4.79 Å². The number of hydrogen-bond acceptors (Lipinski definition) is 4. The third-order valence-electron chi connectivity index (χ3n) is 2.52. The molecular weight excluding hydrogens is 230 g/mol. The number of hydrogen-bond donors (Lipinski definition) is 2. The minimum Gasteiger partial charge on any atom is -0.459 e. The maximum atomic E-state index is 11.5. The molecule has 0 aliphatic carbocycles. The maximum absolute atomic E-state index is 11.5. The molecule has 0 spiro atoms. The predicted molar refractivity (Wildman–Crippen MR) is 71.7 cm³/mol. The molecule has 0 aromatic carbocycles. The van der Waals surface area contributed by atoms with Gasteiger partial charge in [0.2, 0.25) is 0 Å². The Hall–Kier alpha value is -1.33. The van der Waals surface area contributed by atoms with Gasteiger partial charge in [-0.2, -0.15) is 0 Å². The third kappa shape index (κ3) is 6.42. The molecule has 1 heterocycles. The molecule has 2 N–H and O–H groups in total. The number of carbonyl (C=O) groups is 1. The summed E-state index contributed by atoms with van der Waals surface area (Å²) in [6.07, 6.45) is 3.57. The van der Waals surface area contributed by atoms with Gasteiger partial charge in [-0.1, -0.05) is 0 Å². The van der Waals surface area contributed by atoms with Gasteiger partial charge in [-0.05, 0) is 58.7 Å². The average molecular weight is 253 g/mol. The minimum atomic E-state index is -0.146. The monoisotopic (exact) mass is 253 g/mol. The van der Waals surface area contributed by atoms with Crippen LogP contribution in [-0.4, -0.2) is 51.1 Å². The fourth-order valence-electron chi connectivity index (χ4n) is 1.56. The molecule has 1 aromatic heterocycles. The highest BCUT2D eigenvalue weighted by Crippen LogP contribution is 1.98. The zero-order valence-electron chi connectivity index (χ0n) is 11.2. The van der Waals surface area contributed by atoms with Crippen LogP contribution < -0.4 is 10.6 Å². The van der Waals surface area contributed by atoms with Gasteiger partial charge >= 0.3 is 0 Å². The Morgan fingerprint density at radius 1 is 1.28 bits per heavy atom. The normalized spacial score (nSPS) is 10.8. The van der Waals surface area contributed by atoms with E-state index >= 15 is 0 Å². The van der Waals surface area contributed by atoms with Crippen molar-refractivity contribution in [2.75, 3.05) is 40.3 Å². The lowest BCUT2D eigenvalue weighted by Gasteiger charge is -2.09. The van der Waals surface area contributed by atoms with E-state index in [1.807, 2.05) is 0 Å². The quantitative estimate of drug-likeness (QED) is 0.643. The SMILES string of the molecule is CN(C)CCCNCCCNC(=O)c1ccco1. The molecule has 1 amide bonds. The number of carbonyl (C=O) groups excluding carboxylic acids is 1. The molecule has 1 rings (SSSR count). The van der Waals surface area contributed by atoms with Crippen LogP contribution in [0.5, 0.6) is 0 Å². The van der Waals surface area contributed by atoms with E-state index in [4.69, 9.17) is 4.42 Å². The van der Waals surface area contributed by atoms with Gasteiger partial charge in [-0.3, -0.25) is 4.79 Å². The molecule has 0 saturated heterocycles. The van der Waals surface area contributed by atoms with Gasteiger partial charge < -0.3 is 20.0 Å². The Balaban J connectivity index is 1.91. The number of nitrogens with zero attached hydrogens (tertiary/aromatic N) is 1. The van der Waals surface area contributed by atoms with E-state index < -0.39 is 0 Å². The first-order chi connectivity index (χ1) is 8.70.